The first kappa shape index (κ1) is 13.6. The first-order valence-electron chi connectivity index (χ1n) is 5.77. The van der Waals surface area contributed by atoms with Crippen LogP contribution in [0.15, 0.2) is 24.3 Å². The van der Waals surface area contributed by atoms with Crippen molar-refractivity contribution in [2.75, 3.05) is 6.61 Å². The number of aliphatic carboxylic acids is 1. The molecule has 1 unspecified atom stereocenters. The van der Waals surface area contributed by atoms with Gasteiger partial charge in [-0.05, 0) is 30.0 Å². The molecule has 0 spiro atoms. The second-order valence-corrected chi connectivity index (χ2v) is 5.32. The third kappa shape index (κ3) is 4.10. The Bertz CT molecular complexity index is 373. The molecule has 0 bridgehead atoms. The van der Waals surface area contributed by atoms with E-state index in [-0.39, 0.29) is 12.0 Å². The fraction of sp³-hybridized carbons (Fsp3) is 0.500. The van der Waals surface area contributed by atoms with E-state index in [2.05, 4.69) is 20.8 Å². The Labute approximate surface area is 102 Å². The monoisotopic (exact) mass is 236 g/mol. The quantitative estimate of drug-likeness (QED) is 0.873. The summed E-state index contributed by atoms with van der Waals surface area (Å²) in [5.41, 5.74) is 1.35. The fourth-order valence-corrected chi connectivity index (χ4v) is 1.34. The molecule has 0 aliphatic rings. The maximum absolute atomic E-state index is 10.6. The number of carboxylic acid groups (broad SMARTS) is 1. The van der Waals surface area contributed by atoms with E-state index < -0.39 is 11.9 Å². The molecule has 17 heavy (non-hydrogen) atoms. The SMILES string of the molecule is CC(COc1ccc(C(C)(C)C)cc1)C(=O)O. The van der Waals surface area contributed by atoms with E-state index >= 15 is 0 Å². The first-order chi connectivity index (χ1) is 7.80. The van der Waals surface area contributed by atoms with Crippen LogP contribution in [0.2, 0.25) is 0 Å². The molecule has 0 heterocycles. The van der Waals surface area contributed by atoms with Gasteiger partial charge in [0.1, 0.15) is 12.4 Å². The standard InChI is InChI=1S/C14H20O3/c1-10(13(15)16)9-17-12-7-5-11(6-8-12)14(2,3)4/h5-8,10H,9H2,1-4H3,(H,15,16). The Balaban J connectivity index is 2.60. The molecule has 3 heteroatoms. The second-order valence-electron chi connectivity index (χ2n) is 5.32. The number of rotatable bonds is 4. The van der Waals surface area contributed by atoms with Gasteiger partial charge in [0.15, 0.2) is 0 Å². The fourth-order valence-electron chi connectivity index (χ4n) is 1.34. The zero-order chi connectivity index (χ0) is 13.1. The highest BCUT2D eigenvalue weighted by Gasteiger charge is 2.14. The van der Waals surface area contributed by atoms with E-state index in [1.807, 2.05) is 24.3 Å². The molecule has 0 saturated heterocycles. The lowest BCUT2D eigenvalue weighted by Gasteiger charge is -2.19. The summed E-state index contributed by atoms with van der Waals surface area (Å²) in [6.07, 6.45) is 0. The Morgan fingerprint density at radius 1 is 1.29 bits per heavy atom. The first-order valence-corrected chi connectivity index (χ1v) is 5.77. The summed E-state index contributed by atoms with van der Waals surface area (Å²) in [5.74, 6) is -0.611. The summed E-state index contributed by atoms with van der Waals surface area (Å²) >= 11 is 0. The summed E-state index contributed by atoms with van der Waals surface area (Å²) in [6.45, 7) is 8.27. The van der Waals surface area contributed by atoms with Crippen LogP contribution in [0.4, 0.5) is 0 Å². The van der Waals surface area contributed by atoms with E-state index in [0.29, 0.717) is 5.75 Å². The molecule has 3 nitrogen and oxygen atoms in total. The average molecular weight is 236 g/mol. The largest absolute Gasteiger partial charge is 0.493 e. The van der Waals surface area contributed by atoms with Gasteiger partial charge >= 0.3 is 5.97 Å². The van der Waals surface area contributed by atoms with E-state index in [0.717, 1.165) is 0 Å². The minimum absolute atomic E-state index is 0.118. The van der Waals surface area contributed by atoms with Gasteiger partial charge in [-0.2, -0.15) is 0 Å². The molecule has 0 fully saturated rings. The second kappa shape index (κ2) is 5.21. The number of benzene rings is 1. The lowest BCUT2D eigenvalue weighted by atomic mass is 9.87. The zero-order valence-electron chi connectivity index (χ0n) is 10.9. The number of ether oxygens (including phenoxy) is 1. The lowest BCUT2D eigenvalue weighted by molar-refractivity contribution is -0.142. The molecule has 1 rings (SSSR count). The summed E-state index contributed by atoms with van der Waals surface area (Å²) in [5, 5.41) is 8.73. The van der Waals surface area contributed by atoms with Gasteiger partial charge in [-0.3, -0.25) is 4.79 Å². The Kier molecular flexibility index (Phi) is 4.16. The molecule has 0 aromatic heterocycles. The Hall–Kier alpha value is -1.51. The van der Waals surface area contributed by atoms with Gasteiger partial charge < -0.3 is 9.84 Å². The van der Waals surface area contributed by atoms with Crippen molar-refractivity contribution < 1.29 is 14.6 Å². The van der Waals surface area contributed by atoms with Crippen molar-refractivity contribution in [1.82, 2.24) is 0 Å². The highest BCUT2D eigenvalue weighted by molar-refractivity contribution is 5.69. The molecule has 1 atom stereocenters. The summed E-state index contributed by atoms with van der Waals surface area (Å²) in [7, 11) is 0. The molecule has 1 aromatic rings. The highest BCUT2D eigenvalue weighted by atomic mass is 16.5. The maximum Gasteiger partial charge on any atom is 0.309 e. The van der Waals surface area contributed by atoms with Crippen molar-refractivity contribution in [3.8, 4) is 5.75 Å². The predicted molar refractivity (Wildman–Crippen MR) is 67.4 cm³/mol. The molecule has 0 aliphatic carbocycles. The van der Waals surface area contributed by atoms with Crippen LogP contribution >= 0.6 is 0 Å². The molecule has 0 saturated carbocycles. The molecule has 0 aliphatic heterocycles. The third-order valence-electron chi connectivity index (χ3n) is 2.64. The van der Waals surface area contributed by atoms with Crippen molar-refractivity contribution in [3.05, 3.63) is 29.8 Å². The normalized spacial score (nSPS) is 13.2. The number of hydrogen-bond donors (Lipinski definition) is 1. The van der Waals surface area contributed by atoms with E-state index in [1.54, 1.807) is 6.92 Å². The highest BCUT2D eigenvalue weighted by Crippen LogP contribution is 2.24. The molecule has 94 valence electrons. The topological polar surface area (TPSA) is 46.5 Å². The van der Waals surface area contributed by atoms with Gasteiger partial charge in [0.2, 0.25) is 0 Å². The van der Waals surface area contributed by atoms with Gasteiger partial charge in [-0.25, -0.2) is 0 Å². The molecule has 0 radical (unpaired) electrons. The maximum atomic E-state index is 10.6. The van der Waals surface area contributed by atoms with Crippen LogP contribution in [0.5, 0.6) is 5.75 Å². The summed E-state index contributed by atoms with van der Waals surface area (Å²) in [6, 6.07) is 7.80. The van der Waals surface area contributed by atoms with E-state index in [9.17, 15) is 4.79 Å². The Morgan fingerprint density at radius 3 is 2.24 bits per heavy atom. The van der Waals surface area contributed by atoms with Crippen LogP contribution in [0.1, 0.15) is 33.3 Å². The number of carboxylic acids is 1. The van der Waals surface area contributed by atoms with Gasteiger partial charge in [-0.1, -0.05) is 32.9 Å². The van der Waals surface area contributed by atoms with Crippen LogP contribution in [0.3, 0.4) is 0 Å². The zero-order valence-corrected chi connectivity index (χ0v) is 10.9. The molecule has 1 aromatic carbocycles. The molecular weight excluding hydrogens is 216 g/mol. The van der Waals surface area contributed by atoms with Gasteiger partial charge in [0.05, 0.1) is 5.92 Å². The third-order valence-corrected chi connectivity index (χ3v) is 2.64. The van der Waals surface area contributed by atoms with Gasteiger partial charge in [0, 0.05) is 0 Å². The van der Waals surface area contributed by atoms with Crippen LogP contribution in [-0.2, 0) is 10.2 Å². The van der Waals surface area contributed by atoms with E-state index in [4.69, 9.17) is 9.84 Å². The van der Waals surface area contributed by atoms with Gasteiger partial charge in [0.25, 0.3) is 0 Å². The van der Waals surface area contributed by atoms with Gasteiger partial charge in [-0.15, -0.1) is 0 Å². The van der Waals surface area contributed by atoms with Crippen LogP contribution < -0.4 is 4.74 Å². The van der Waals surface area contributed by atoms with Crippen LogP contribution in [0.25, 0.3) is 0 Å². The minimum Gasteiger partial charge on any atom is -0.493 e. The van der Waals surface area contributed by atoms with E-state index in [1.165, 1.54) is 5.56 Å². The smallest absolute Gasteiger partial charge is 0.309 e. The molecular formula is C14H20O3. The number of carbonyl (C=O) groups is 1. The summed E-state index contributed by atoms with van der Waals surface area (Å²) in [4.78, 5) is 10.6. The van der Waals surface area contributed by atoms with Crippen molar-refractivity contribution in [2.24, 2.45) is 5.92 Å². The van der Waals surface area contributed by atoms with Crippen molar-refractivity contribution >= 4 is 5.97 Å². The lowest BCUT2D eigenvalue weighted by Crippen LogP contribution is -2.18. The molecule has 1 N–H and O–H groups in total. The average Bonchev–Trinajstić information content (AvgIpc) is 2.25. The number of hydrogen-bond acceptors (Lipinski definition) is 2. The predicted octanol–water partition coefficient (Wildman–Crippen LogP) is 3.08. The summed E-state index contributed by atoms with van der Waals surface area (Å²) < 4.78 is 5.42. The van der Waals surface area contributed by atoms with Crippen molar-refractivity contribution in [2.45, 2.75) is 33.1 Å². The molecule has 0 amide bonds. The van der Waals surface area contributed by atoms with Crippen LogP contribution in [0, 0.1) is 5.92 Å². The van der Waals surface area contributed by atoms with Crippen LogP contribution in [-0.4, -0.2) is 17.7 Å². The van der Waals surface area contributed by atoms with Crippen molar-refractivity contribution in [1.29, 1.82) is 0 Å². The Morgan fingerprint density at radius 2 is 1.82 bits per heavy atom. The minimum atomic E-state index is -0.837. The van der Waals surface area contributed by atoms with Crippen molar-refractivity contribution in [3.63, 3.8) is 0 Å².